The molecule has 0 saturated carbocycles. The van der Waals surface area contributed by atoms with Crippen LogP contribution in [0.1, 0.15) is 5.56 Å². The number of aromatic hydroxyl groups is 1. The number of hydrogen-bond acceptors (Lipinski definition) is 7. The van der Waals surface area contributed by atoms with Gasteiger partial charge in [0.2, 0.25) is 5.75 Å². The molecule has 0 aliphatic carbocycles. The minimum atomic E-state index is -3.89. The van der Waals surface area contributed by atoms with Gasteiger partial charge >= 0.3 is 0 Å². The van der Waals surface area contributed by atoms with E-state index in [2.05, 4.69) is 0 Å². The lowest BCUT2D eigenvalue weighted by Crippen LogP contribution is -2.34. The Morgan fingerprint density at radius 1 is 1.24 bits per heavy atom. The van der Waals surface area contributed by atoms with Crippen LogP contribution in [0, 0.1) is 6.92 Å². The normalized spacial score (nSPS) is 16.1. The number of anilines is 1. The zero-order valence-electron chi connectivity index (χ0n) is 13.3. The second-order valence-corrected chi connectivity index (χ2v) is 7.05. The smallest absolute Gasteiger partial charge is 0.297 e. The molecule has 1 aliphatic rings. The fraction of sp³-hybridized carbons (Fsp3) is 0.250. The number of phenols is 1. The van der Waals surface area contributed by atoms with Gasteiger partial charge in [0, 0.05) is 0 Å². The molecule has 0 amide bonds. The summed E-state index contributed by atoms with van der Waals surface area (Å²) in [5.41, 5.74) is 6.70. The quantitative estimate of drug-likeness (QED) is 0.470. The van der Waals surface area contributed by atoms with Gasteiger partial charge in [0.05, 0.1) is 10.6 Å². The van der Waals surface area contributed by atoms with Crippen molar-refractivity contribution in [1.29, 1.82) is 0 Å². The van der Waals surface area contributed by atoms with Crippen LogP contribution < -0.4 is 15.2 Å². The molecule has 1 atom stereocenters. The van der Waals surface area contributed by atoms with Gasteiger partial charge in [-0.15, -0.1) is 12.4 Å². The number of ether oxygens (including phenoxy) is 2. The second-order valence-electron chi connectivity index (χ2n) is 5.43. The lowest BCUT2D eigenvalue weighted by Gasteiger charge is -2.27. The number of aryl methyl sites for hydroxylation is 1. The summed E-state index contributed by atoms with van der Waals surface area (Å²) >= 11 is 0. The number of nitrogen functional groups attached to an aromatic ring is 1. The molecule has 0 aromatic heterocycles. The molecule has 0 saturated heterocycles. The van der Waals surface area contributed by atoms with Gasteiger partial charge in [0.1, 0.15) is 13.2 Å². The van der Waals surface area contributed by atoms with Crippen LogP contribution in [0.5, 0.6) is 17.2 Å². The first-order valence-electron chi connectivity index (χ1n) is 7.24. The fourth-order valence-electron chi connectivity index (χ4n) is 2.20. The molecule has 1 heterocycles. The second kappa shape index (κ2) is 7.38. The van der Waals surface area contributed by atoms with Crippen molar-refractivity contribution in [3.05, 3.63) is 42.0 Å². The highest BCUT2D eigenvalue weighted by atomic mass is 35.5. The summed E-state index contributed by atoms with van der Waals surface area (Å²) < 4.78 is 40.4. The van der Waals surface area contributed by atoms with E-state index in [1.165, 1.54) is 18.2 Å². The third-order valence-corrected chi connectivity index (χ3v) is 4.85. The van der Waals surface area contributed by atoms with Crippen molar-refractivity contribution in [3.63, 3.8) is 0 Å². The van der Waals surface area contributed by atoms with E-state index in [1.54, 1.807) is 18.2 Å². The van der Waals surface area contributed by atoms with Crippen molar-refractivity contribution in [3.8, 4) is 17.2 Å². The van der Waals surface area contributed by atoms with Crippen molar-refractivity contribution in [1.82, 2.24) is 0 Å². The first-order chi connectivity index (χ1) is 11.4. The SMILES string of the molecule is Cc1ccc(S(=O)(=O)OC[C@H]2COc3ccc(N)c(O)c3O2)cc1.Cl. The van der Waals surface area contributed by atoms with Gasteiger partial charge in [-0.3, -0.25) is 4.18 Å². The van der Waals surface area contributed by atoms with Gasteiger partial charge in [-0.05, 0) is 31.2 Å². The molecular weight excluding hydrogens is 370 g/mol. The Balaban J connectivity index is 0.00000225. The molecule has 0 radical (unpaired) electrons. The van der Waals surface area contributed by atoms with E-state index in [0.29, 0.717) is 5.75 Å². The Kier molecular flexibility index (Phi) is 5.66. The van der Waals surface area contributed by atoms with Crippen LogP contribution in [0.4, 0.5) is 5.69 Å². The van der Waals surface area contributed by atoms with Gasteiger partial charge in [0.15, 0.2) is 17.6 Å². The van der Waals surface area contributed by atoms with Gasteiger partial charge in [0.25, 0.3) is 10.1 Å². The van der Waals surface area contributed by atoms with E-state index in [0.717, 1.165) is 5.56 Å². The number of nitrogens with two attached hydrogens (primary N) is 1. The van der Waals surface area contributed by atoms with Gasteiger partial charge in [-0.2, -0.15) is 8.42 Å². The molecule has 136 valence electrons. The zero-order valence-corrected chi connectivity index (χ0v) is 15.0. The standard InChI is InChI=1S/C16H17NO6S.ClH/c1-10-2-4-12(5-3-10)24(19,20)22-9-11-8-21-14-7-6-13(17)15(18)16(14)23-11;/h2-7,11,18H,8-9,17H2,1H3;1H/t11-;/m1./s1. The highest BCUT2D eigenvalue weighted by molar-refractivity contribution is 7.86. The Hall–Kier alpha value is -2.16. The van der Waals surface area contributed by atoms with Crippen LogP contribution in [0.25, 0.3) is 0 Å². The molecule has 25 heavy (non-hydrogen) atoms. The Morgan fingerprint density at radius 3 is 2.60 bits per heavy atom. The summed E-state index contributed by atoms with van der Waals surface area (Å²) in [6.07, 6.45) is -0.689. The van der Waals surface area contributed by atoms with Crippen LogP contribution in [0.15, 0.2) is 41.3 Å². The minimum Gasteiger partial charge on any atom is -0.503 e. The molecule has 0 bridgehead atoms. The largest absolute Gasteiger partial charge is 0.503 e. The van der Waals surface area contributed by atoms with Gasteiger partial charge < -0.3 is 20.3 Å². The lowest BCUT2D eigenvalue weighted by atomic mass is 10.2. The van der Waals surface area contributed by atoms with E-state index in [-0.39, 0.29) is 47.7 Å². The summed E-state index contributed by atoms with van der Waals surface area (Å²) in [4.78, 5) is 0.0670. The van der Waals surface area contributed by atoms with E-state index >= 15 is 0 Å². The molecule has 3 rings (SSSR count). The highest BCUT2D eigenvalue weighted by Crippen LogP contribution is 2.43. The molecule has 9 heteroatoms. The van der Waals surface area contributed by atoms with Crippen molar-refractivity contribution in [2.24, 2.45) is 0 Å². The maximum atomic E-state index is 12.2. The first kappa shape index (κ1) is 19.2. The summed E-state index contributed by atoms with van der Waals surface area (Å²) in [7, 11) is -3.89. The molecule has 7 nitrogen and oxygen atoms in total. The molecular formula is C16H18ClNO6S. The monoisotopic (exact) mass is 387 g/mol. The number of rotatable bonds is 4. The molecule has 0 fully saturated rings. The van der Waals surface area contributed by atoms with E-state index < -0.39 is 16.2 Å². The van der Waals surface area contributed by atoms with Gasteiger partial charge in [-0.1, -0.05) is 17.7 Å². The highest BCUT2D eigenvalue weighted by Gasteiger charge is 2.27. The summed E-state index contributed by atoms with van der Waals surface area (Å²) in [5.74, 6) is 0.195. The Bertz CT molecular complexity index is 854. The fourth-order valence-corrected chi connectivity index (χ4v) is 3.14. The topological polar surface area (TPSA) is 108 Å². The first-order valence-corrected chi connectivity index (χ1v) is 8.64. The molecule has 0 unspecified atom stereocenters. The minimum absolute atomic E-state index is 0. The Labute approximate surface area is 151 Å². The number of phenolic OH excluding ortho intramolecular Hbond substituents is 1. The maximum Gasteiger partial charge on any atom is 0.297 e. The number of fused-ring (bicyclic) bond motifs is 1. The summed E-state index contributed by atoms with van der Waals surface area (Å²) in [6, 6.07) is 9.40. The number of hydrogen-bond donors (Lipinski definition) is 2. The molecule has 2 aromatic rings. The van der Waals surface area contributed by atoms with Crippen molar-refractivity contribution in [2.45, 2.75) is 17.9 Å². The molecule has 0 spiro atoms. The predicted octanol–water partition coefficient (Wildman–Crippen LogP) is 2.25. The number of benzene rings is 2. The average Bonchev–Trinajstić information content (AvgIpc) is 2.57. The molecule has 2 aromatic carbocycles. The van der Waals surface area contributed by atoms with Crippen LogP contribution in [0.3, 0.4) is 0 Å². The van der Waals surface area contributed by atoms with Crippen molar-refractivity contribution in [2.75, 3.05) is 18.9 Å². The van der Waals surface area contributed by atoms with Crippen LogP contribution >= 0.6 is 12.4 Å². The predicted molar refractivity (Wildman–Crippen MR) is 94.0 cm³/mol. The average molecular weight is 388 g/mol. The maximum absolute atomic E-state index is 12.2. The van der Waals surface area contributed by atoms with Crippen LogP contribution in [-0.4, -0.2) is 32.8 Å². The van der Waals surface area contributed by atoms with Crippen LogP contribution in [-0.2, 0) is 14.3 Å². The molecule has 1 aliphatic heterocycles. The van der Waals surface area contributed by atoms with E-state index in [4.69, 9.17) is 19.4 Å². The summed E-state index contributed by atoms with van der Waals surface area (Å²) in [5, 5.41) is 9.90. The summed E-state index contributed by atoms with van der Waals surface area (Å²) in [6.45, 7) is 1.71. The van der Waals surface area contributed by atoms with Crippen LogP contribution in [0.2, 0.25) is 0 Å². The van der Waals surface area contributed by atoms with Crippen molar-refractivity contribution < 1.29 is 27.2 Å². The third-order valence-electron chi connectivity index (χ3n) is 3.55. The zero-order chi connectivity index (χ0) is 17.3. The van der Waals surface area contributed by atoms with E-state index in [9.17, 15) is 13.5 Å². The molecule has 3 N–H and O–H groups in total. The van der Waals surface area contributed by atoms with Gasteiger partial charge in [-0.25, -0.2) is 0 Å². The van der Waals surface area contributed by atoms with Crippen molar-refractivity contribution >= 4 is 28.2 Å². The Morgan fingerprint density at radius 2 is 1.92 bits per heavy atom. The number of halogens is 1. The third kappa shape index (κ3) is 4.09. The lowest BCUT2D eigenvalue weighted by molar-refractivity contribution is 0.0529. The van der Waals surface area contributed by atoms with E-state index in [1.807, 2.05) is 6.92 Å².